The van der Waals surface area contributed by atoms with E-state index in [0.29, 0.717) is 11.6 Å². The summed E-state index contributed by atoms with van der Waals surface area (Å²) >= 11 is 6.01. The molecule has 0 aliphatic heterocycles. The molecular formula is C15H17ClN2O. The third-order valence-corrected chi connectivity index (χ3v) is 3.05. The fourth-order valence-corrected chi connectivity index (χ4v) is 1.95. The van der Waals surface area contributed by atoms with Crippen molar-refractivity contribution in [3.05, 3.63) is 52.3 Å². The molecule has 1 N–H and O–H groups in total. The molecule has 19 heavy (non-hydrogen) atoms. The van der Waals surface area contributed by atoms with Gasteiger partial charge in [-0.05, 0) is 38.6 Å². The van der Waals surface area contributed by atoms with Crippen LogP contribution in [0.25, 0.3) is 0 Å². The minimum Gasteiger partial charge on any atom is -0.457 e. The van der Waals surface area contributed by atoms with Gasteiger partial charge < -0.3 is 10.1 Å². The summed E-state index contributed by atoms with van der Waals surface area (Å²) in [4.78, 5) is 4.29. The Bertz CT molecular complexity index is 584. The highest BCUT2D eigenvalue weighted by atomic mass is 35.5. The van der Waals surface area contributed by atoms with Crippen LogP contribution in [-0.2, 0) is 6.54 Å². The van der Waals surface area contributed by atoms with Crippen molar-refractivity contribution in [2.45, 2.75) is 20.4 Å². The smallest absolute Gasteiger partial charge is 0.135 e. The first-order chi connectivity index (χ1) is 9.10. The van der Waals surface area contributed by atoms with Crippen molar-refractivity contribution in [2.75, 3.05) is 7.05 Å². The van der Waals surface area contributed by atoms with E-state index in [-0.39, 0.29) is 0 Å². The second-order valence-corrected chi connectivity index (χ2v) is 4.91. The van der Waals surface area contributed by atoms with E-state index in [1.165, 1.54) is 0 Å². The summed E-state index contributed by atoms with van der Waals surface area (Å²) in [6.07, 6.45) is 1.83. The molecule has 0 aliphatic rings. The number of aromatic nitrogens is 1. The number of halogens is 1. The normalized spacial score (nSPS) is 10.5. The van der Waals surface area contributed by atoms with Crippen molar-refractivity contribution >= 4 is 11.6 Å². The van der Waals surface area contributed by atoms with Crippen molar-refractivity contribution in [3.63, 3.8) is 0 Å². The number of pyridine rings is 1. The largest absolute Gasteiger partial charge is 0.457 e. The molecule has 0 saturated carbocycles. The van der Waals surface area contributed by atoms with Crippen LogP contribution in [0.2, 0.25) is 5.02 Å². The zero-order valence-corrected chi connectivity index (χ0v) is 12.1. The first-order valence-electron chi connectivity index (χ1n) is 6.14. The van der Waals surface area contributed by atoms with Crippen LogP contribution in [0.5, 0.6) is 11.5 Å². The Morgan fingerprint density at radius 3 is 2.74 bits per heavy atom. The zero-order chi connectivity index (χ0) is 13.8. The molecular weight excluding hydrogens is 260 g/mol. The van der Waals surface area contributed by atoms with E-state index < -0.39 is 0 Å². The standard InChI is InChI=1S/C15H17ClN2O/c1-10-4-5-13(16)7-14(10)19-15-6-11(2)18-9-12(15)8-17-3/h4-7,9,17H,8H2,1-3H3. The van der Waals surface area contributed by atoms with E-state index in [9.17, 15) is 0 Å². The van der Waals surface area contributed by atoms with Crippen LogP contribution >= 0.6 is 11.6 Å². The van der Waals surface area contributed by atoms with Gasteiger partial charge in [0.05, 0.1) is 0 Å². The summed E-state index contributed by atoms with van der Waals surface area (Å²) in [5.41, 5.74) is 3.00. The molecule has 1 aromatic heterocycles. The third kappa shape index (κ3) is 3.46. The second kappa shape index (κ2) is 6.04. The average Bonchev–Trinajstić information content (AvgIpc) is 2.37. The molecule has 4 heteroatoms. The number of hydrogen-bond donors (Lipinski definition) is 1. The maximum Gasteiger partial charge on any atom is 0.135 e. The van der Waals surface area contributed by atoms with Crippen molar-refractivity contribution in [1.82, 2.24) is 10.3 Å². The highest BCUT2D eigenvalue weighted by Crippen LogP contribution is 2.30. The fourth-order valence-electron chi connectivity index (χ4n) is 1.78. The Kier molecular flexibility index (Phi) is 4.40. The summed E-state index contributed by atoms with van der Waals surface area (Å²) in [6, 6.07) is 7.57. The lowest BCUT2D eigenvalue weighted by atomic mass is 10.2. The van der Waals surface area contributed by atoms with E-state index >= 15 is 0 Å². The van der Waals surface area contributed by atoms with Gasteiger partial charge in [0.1, 0.15) is 11.5 Å². The summed E-state index contributed by atoms with van der Waals surface area (Å²) in [7, 11) is 1.90. The number of nitrogens with zero attached hydrogens (tertiary/aromatic N) is 1. The maximum atomic E-state index is 6.01. The molecule has 3 nitrogen and oxygen atoms in total. The monoisotopic (exact) mass is 276 g/mol. The van der Waals surface area contributed by atoms with Crippen molar-refractivity contribution in [2.24, 2.45) is 0 Å². The first kappa shape index (κ1) is 13.8. The van der Waals surface area contributed by atoms with Gasteiger partial charge in [0, 0.05) is 35.1 Å². The SMILES string of the molecule is CNCc1cnc(C)cc1Oc1cc(Cl)ccc1C. The van der Waals surface area contributed by atoms with Crippen molar-refractivity contribution in [1.29, 1.82) is 0 Å². The molecule has 0 radical (unpaired) electrons. The van der Waals surface area contributed by atoms with E-state index in [4.69, 9.17) is 16.3 Å². The Morgan fingerprint density at radius 2 is 2.00 bits per heavy atom. The summed E-state index contributed by atoms with van der Waals surface area (Å²) in [5.74, 6) is 1.59. The Balaban J connectivity index is 2.36. The minimum atomic E-state index is 0.668. The molecule has 0 amide bonds. The molecule has 0 bridgehead atoms. The van der Waals surface area contributed by atoms with Gasteiger partial charge in [-0.1, -0.05) is 17.7 Å². The molecule has 2 aromatic rings. The van der Waals surface area contributed by atoms with Crippen LogP contribution in [0, 0.1) is 13.8 Å². The highest BCUT2D eigenvalue weighted by molar-refractivity contribution is 6.30. The van der Waals surface area contributed by atoms with Crippen LogP contribution in [0.3, 0.4) is 0 Å². The minimum absolute atomic E-state index is 0.668. The molecule has 1 heterocycles. The fraction of sp³-hybridized carbons (Fsp3) is 0.267. The molecule has 1 aromatic carbocycles. The topological polar surface area (TPSA) is 34.2 Å². The van der Waals surface area contributed by atoms with Crippen LogP contribution in [-0.4, -0.2) is 12.0 Å². The lowest BCUT2D eigenvalue weighted by molar-refractivity contribution is 0.469. The van der Waals surface area contributed by atoms with E-state index in [1.54, 1.807) is 0 Å². The Labute approximate surface area is 118 Å². The van der Waals surface area contributed by atoms with Crippen LogP contribution in [0.1, 0.15) is 16.8 Å². The number of ether oxygens (including phenoxy) is 1. The van der Waals surface area contributed by atoms with E-state index in [0.717, 1.165) is 28.3 Å². The zero-order valence-electron chi connectivity index (χ0n) is 11.3. The lowest BCUT2D eigenvalue weighted by Gasteiger charge is -2.13. The third-order valence-electron chi connectivity index (χ3n) is 2.82. The van der Waals surface area contributed by atoms with Gasteiger partial charge in [-0.15, -0.1) is 0 Å². The van der Waals surface area contributed by atoms with Gasteiger partial charge >= 0.3 is 0 Å². The van der Waals surface area contributed by atoms with Gasteiger partial charge in [-0.3, -0.25) is 4.98 Å². The molecule has 0 aliphatic carbocycles. The van der Waals surface area contributed by atoms with Crippen molar-refractivity contribution < 1.29 is 4.74 Å². The van der Waals surface area contributed by atoms with Crippen LogP contribution in [0.4, 0.5) is 0 Å². The molecule has 0 unspecified atom stereocenters. The average molecular weight is 277 g/mol. The maximum absolute atomic E-state index is 6.01. The molecule has 100 valence electrons. The molecule has 0 fully saturated rings. The number of rotatable bonds is 4. The Morgan fingerprint density at radius 1 is 1.21 bits per heavy atom. The molecule has 0 atom stereocenters. The van der Waals surface area contributed by atoms with Gasteiger partial charge in [-0.25, -0.2) is 0 Å². The van der Waals surface area contributed by atoms with Crippen molar-refractivity contribution in [3.8, 4) is 11.5 Å². The highest BCUT2D eigenvalue weighted by Gasteiger charge is 2.08. The molecule has 0 spiro atoms. The number of aryl methyl sites for hydroxylation is 2. The Hall–Kier alpha value is -1.58. The first-order valence-corrected chi connectivity index (χ1v) is 6.52. The second-order valence-electron chi connectivity index (χ2n) is 4.48. The number of nitrogens with one attached hydrogen (secondary N) is 1. The molecule has 0 saturated heterocycles. The van der Waals surface area contributed by atoms with Gasteiger partial charge in [0.2, 0.25) is 0 Å². The summed E-state index contributed by atoms with van der Waals surface area (Å²) < 4.78 is 5.99. The van der Waals surface area contributed by atoms with Gasteiger partial charge in [-0.2, -0.15) is 0 Å². The number of benzene rings is 1. The summed E-state index contributed by atoms with van der Waals surface area (Å²) in [6.45, 7) is 4.65. The van der Waals surface area contributed by atoms with Gasteiger partial charge in [0.15, 0.2) is 0 Å². The lowest BCUT2D eigenvalue weighted by Crippen LogP contribution is -2.07. The van der Waals surface area contributed by atoms with Crippen LogP contribution in [0.15, 0.2) is 30.5 Å². The predicted molar refractivity (Wildman–Crippen MR) is 78.0 cm³/mol. The van der Waals surface area contributed by atoms with E-state index in [1.807, 2.05) is 51.4 Å². The summed E-state index contributed by atoms with van der Waals surface area (Å²) in [5, 5.41) is 3.78. The molecule has 2 rings (SSSR count). The number of hydrogen-bond acceptors (Lipinski definition) is 3. The van der Waals surface area contributed by atoms with Crippen LogP contribution < -0.4 is 10.1 Å². The predicted octanol–water partition coefficient (Wildman–Crippen LogP) is 3.86. The quantitative estimate of drug-likeness (QED) is 0.921. The van der Waals surface area contributed by atoms with Gasteiger partial charge in [0.25, 0.3) is 0 Å². The van der Waals surface area contributed by atoms with E-state index in [2.05, 4.69) is 10.3 Å².